The number of fused-ring (bicyclic) bond motifs is 1. The Kier molecular flexibility index (Phi) is 5.49. The fourth-order valence-electron chi connectivity index (χ4n) is 3.45. The van der Waals surface area contributed by atoms with E-state index < -0.39 is 15.8 Å². The van der Waals surface area contributed by atoms with Crippen molar-refractivity contribution < 1.29 is 17.6 Å². The molecule has 0 radical (unpaired) electrons. The van der Waals surface area contributed by atoms with Crippen LogP contribution in [-0.2, 0) is 16.4 Å². The maximum absolute atomic E-state index is 13.2. The SMILES string of the molecule is O=C(c1ccc(F)cc1)N1CCCc2cc(S(=O)(=O)Nc3ccccc3Cl)ccc21. The Balaban J connectivity index is 1.64. The van der Waals surface area contributed by atoms with Crippen molar-refractivity contribution in [3.63, 3.8) is 0 Å². The van der Waals surface area contributed by atoms with E-state index in [1.165, 1.54) is 30.3 Å². The van der Waals surface area contributed by atoms with E-state index in [0.29, 0.717) is 41.3 Å². The number of hydrogen-bond acceptors (Lipinski definition) is 3. The van der Waals surface area contributed by atoms with Crippen molar-refractivity contribution in [1.82, 2.24) is 0 Å². The van der Waals surface area contributed by atoms with Crippen molar-refractivity contribution in [3.8, 4) is 0 Å². The van der Waals surface area contributed by atoms with E-state index in [2.05, 4.69) is 4.72 Å². The van der Waals surface area contributed by atoms with Crippen LogP contribution in [0, 0.1) is 5.82 Å². The van der Waals surface area contributed by atoms with E-state index in [-0.39, 0.29) is 10.8 Å². The molecule has 3 aromatic carbocycles. The van der Waals surface area contributed by atoms with Gasteiger partial charge in [-0.2, -0.15) is 0 Å². The number of para-hydroxylation sites is 1. The molecule has 8 heteroatoms. The lowest BCUT2D eigenvalue weighted by Gasteiger charge is -2.30. The van der Waals surface area contributed by atoms with Crippen LogP contribution in [0.2, 0.25) is 5.02 Å². The predicted molar refractivity (Wildman–Crippen MR) is 115 cm³/mol. The fraction of sp³-hybridized carbons (Fsp3) is 0.136. The Morgan fingerprint density at radius 3 is 2.50 bits per heavy atom. The van der Waals surface area contributed by atoms with Gasteiger partial charge in [-0.3, -0.25) is 9.52 Å². The Morgan fingerprint density at radius 2 is 1.77 bits per heavy atom. The summed E-state index contributed by atoms with van der Waals surface area (Å²) in [5.41, 5.74) is 2.09. The van der Waals surface area contributed by atoms with Crippen LogP contribution in [-0.4, -0.2) is 20.9 Å². The fourth-order valence-corrected chi connectivity index (χ4v) is 4.82. The van der Waals surface area contributed by atoms with Gasteiger partial charge in [0, 0.05) is 17.8 Å². The summed E-state index contributed by atoms with van der Waals surface area (Å²) in [6.07, 6.45) is 1.35. The summed E-state index contributed by atoms with van der Waals surface area (Å²) in [5.74, 6) is -0.660. The minimum atomic E-state index is -3.84. The first-order valence-corrected chi connectivity index (χ1v) is 11.2. The second-order valence-corrected chi connectivity index (χ2v) is 9.03. The van der Waals surface area contributed by atoms with Crippen LogP contribution >= 0.6 is 11.6 Å². The van der Waals surface area contributed by atoms with Crippen molar-refractivity contribution in [3.05, 3.63) is 88.7 Å². The lowest BCUT2D eigenvalue weighted by atomic mass is 10.0. The van der Waals surface area contributed by atoms with Gasteiger partial charge in [-0.05, 0) is 73.0 Å². The molecule has 30 heavy (non-hydrogen) atoms. The maximum Gasteiger partial charge on any atom is 0.261 e. The van der Waals surface area contributed by atoms with Crippen molar-refractivity contribution in [2.45, 2.75) is 17.7 Å². The summed E-state index contributed by atoms with van der Waals surface area (Å²) >= 11 is 6.06. The molecule has 0 spiro atoms. The largest absolute Gasteiger partial charge is 0.308 e. The molecule has 0 saturated heterocycles. The van der Waals surface area contributed by atoms with Gasteiger partial charge in [0.05, 0.1) is 15.6 Å². The lowest BCUT2D eigenvalue weighted by Crippen LogP contribution is -2.35. The van der Waals surface area contributed by atoms with Gasteiger partial charge in [0.2, 0.25) is 0 Å². The van der Waals surface area contributed by atoms with E-state index in [9.17, 15) is 17.6 Å². The average molecular weight is 445 g/mol. The highest BCUT2D eigenvalue weighted by Crippen LogP contribution is 2.32. The molecular formula is C22H18ClFN2O3S. The Bertz CT molecular complexity index is 1210. The van der Waals surface area contributed by atoms with Crippen molar-refractivity contribution in [1.29, 1.82) is 0 Å². The van der Waals surface area contributed by atoms with Gasteiger partial charge in [-0.15, -0.1) is 0 Å². The Morgan fingerprint density at radius 1 is 1.03 bits per heavy atom. The molecular weight excluding hydrogens is 427 g/mol. The van der Waals surface area contributed by atoms with Crippen molar-refractivity contribution in [2.24, 2.45) is 0 Å². The molecule has 0 fully saturated rings. The first kappa shape index (κ1) is 20.4. The van der Waals surface area contributed by atoms with Crippen LogP contribution < -0.4 is 9.62 Å². The van der Waals surface area contributed by atoms with Gasteiger partial charge >= 0.3 is 0 Å². The smallest absolute Gasteiger partial charge is 0.261 e. The minimum Gasteiger partial charge on any atom is -0.308 e. The number of hydrogen-bond donors (Lipinski definition) is 1. The molecule has 0 unspecified atom stereocenters. The molecule has 1 aliphatic rings. The third kappa shape index (κ3) is 4.04. The molecule has 154 valence electrons. The molecule has 5 nitrogen and oxygen atoms in total. The van der Waals surface area contributed by atoms with E-state index in [0.717, 1.165) is 5.56 Å². The molecule has 1 aliphatic heterocycles. The number of nitrogens with one attached hydrogen (secondary N) is 1. The summed E-state index contributed by atoms with van der Waals surface area (Å²) in [4.78, 5) is 14.6. The highest BCUT2D eigenvalue weighted by Gasteiger charge is 2.26. The van der Waals surface area contributed by atoms with E-state index in [1.807, 2.05) is 0 Å². The summed E-state index contributed by atoms with van der Waals surface area (Å²) in [7, 11) is -3.84. The second-order valence-electron chi connectivity index (χ2n) is 6.94. The van der Waals surface area contributed by atoms with Gasteiger partial charge in [0.25, 0.3) is 15.9 Å². The molecule has 0 aliphatic carbocycles. The van der Waals surface area contributed by atoms with Crippen LogP contribution in [0.15, 0.2) is 71.6 Å². The molecule has 0 aromatic heterocycles. The third-order valence-corrected chi connectivity index (χ3v) is 6.63. The zero-order chi connectivity index (χ0) is 21.3. The number of aryl methyl sites for hydroxylation is 1. The molecule has 3 aromatic rings. The molecule has 4 rings (SSSR count). The molecule has 1 amide bonds. The lowest BCUT2D eigenvalue weighted by molar-refractivity contribution is 0.0985. The predicted octanol–water partition coefficient (Wildman–Crippen LogP) is 4.87. The topological polar surface area (TPSA) is 66.5 Å². The molecule has 0 bridgehead atoms. The number of sulfonamides is 1. The zero-order valence-corrected chi connectivity index (χ0v) is 17.4. The van der Waals surface area contributed by atoms with Crippen molar-refractivity contribution in [2.75, 3.05) is 16.2 Å². The molecule has 1 N–H and O–H groups in total. The highest BCUT2D eigenvalue weighted by molar-refractivity contribution is 7.92. The summed E-state index contributed by atoms with van der Waals surface area (Å²) < 4.78 is 41.3. The van der Waals surface area contributed by atoms with Crippen LogP contribution in [0.5, 0.6) is 0 Å². The van der Waals surface area contributed by atoms with E-state index in [1.54, 1.807) is 41.3 Å². The van der Waals surface area contributed by atoms with Gasteiger partial charge in [0.15, 0.2) is 0 Å². The Labute approximate surface area is 179 Å². The van der Waals surface area contributed by atoms with E-state index in [4.69, 9.17) is 11.6 Å². The van der Waals surface area contributed by atoms with Crippen LogP contribution in [0.1, 0.15) is 22.3 Å². The second kappa shape index (κ2) is 8.08. The van der Waals surface area contributed by atoms with Gasteiger partial charge in [0.1, 0.15) is 5.82 Å². The number of nitrogens with zero attached hydrogens (tertiary/aromatic N) is 1. The average Bonchev–Trinajstić information content (AvgIpc) is 2.74. The van der Waals surface area contributed by atoms with Crippen LogP contribution in [0.4, 0.5) is 15.8 Å². The standard InChI is InChI=1S/C22H18ClFN2O3S/c23-19-5-1-2-6-20(19)25-30(28,29)18-11-12-21-16(14-18)4-3-13-26(21)22(27)15-7-9-17(24)10-8-15/h1-2,5-12,14,25H,3-4,13H2. The first-order valence-electron chi connectivity index (χ1n) is 9.33. The number of amides is 1. The maximum atomic E-state index is 13.2. The Hall–Kier alpha value is -2.90. The highest BCUT2D eigenvalue weighted by atomic mass is 35.5. The summed E-state index contributed by atoms with van der Waals surface area (Å²) in [5, 5.41) is 0.301. The quantitative estimate of drug-likeness (QED) is 0.624. The molecule has 0 atom stereocenters. The third-order valence-electron chi connectivity index (χ3n) is 4.93. The van der Waals surface area contributed by atoms with Gasteiger partial charge in [-0.1, -0.05) is 23.7 Å². The van der Waals surface area contributed by atoms with E-state index >= 15 is 0 Å². The number of carbonyl (C=O) groups is 1. The normalized spacial score (nSPS) is 13.6. The number of benzene rings is 3. The molecule has 1 heterocycles. The number of carbonyl (C=O) groups excluding carboxylic acids is 1. The molecule has 0 saturated carbocycles. The first-order chi connectivity index (χ1) is 14.3. The summed E-state index contributed by atoms with van der Waals surface area (Å²) in [6, 6.07) is 16.6. The van der Waals surface area contributed by atoms with Crippen LogP contribution in [0.3, 0.4) is 0 Å². The van der Waals surface area contributed by atoms with Crippen molar-refractivity contribution >= 4 is 38.9 Å². The number of rotatable bonds is 4. The van der Waals surface area contributed by atoms with Gasteiger partial charge < -0.3 is 4.90 Å². The number of halogens is 2. The van der Waals surface area contributed by atoms with Crippen LogP contribution in [0.25, 0.3) is 0 Å². The summed E-state index contributed by atoms with van der Waals surface area (Å²) in [6.45, 7) is 0.507. The van der Waals surface area contributed by atoms with Gasteiger partial charge in [-0.25, -0.2) is 12.8 Å². The number of anilines is 2. The minimum absolute atomic E-state index is 0.0947. The monoisotopic (exact) mass is 444 g/mol. The zero-order valence-electron chi connectivity index (χ0n) is 15.8.